The quantitative estimate of drug-likeness (QED) is 0.627. The van der Waals surface area contributed by atoms with Crippen LogP contribution in [0.1, 0.15) is 33.4 Å². The molecule has 0 saturated carbocycles. The number of pyridine rings is 1. The Kier molecular flexibility index (Phi) is 7.11. The van der Waals surface area contributed by atoms with Gasteiger partial charge < -0.3 is 15.0 Å². The van der Waals surface area contributed by atoms with Crippen LogP contribution in [0.15, 0.2) is 22.8 Å². The standard InChI is InChI=1S/C15H24BrN3O2/c1-5-19(14(20)21-15(2,3)4)10-9-17-11-12-7-6-8-13(16)18-12/h6-8,17H,5,9-11H2,1-4H3. The van der Waals surface area contributed by atoms with Crippen molar-refractivity contribution in [1.82, 2.24) is 15.2 Å². The maximum Gasteiger partial charge on any atom is 0.410 e. The van der Waals surface area contributed by atoms with Gasteiger partial charge in [0.2, 0.25) is 0 Å². The zero-order valence-corrected chi connectivity index (χ0v) is 14.7. The molecule has 6 heteroatoms. The largest absolute Gasteiger partial charge is 0.444 e. The van der Waals surface area contributed by atoms with Gasteiger partial charge in [0.05, 0.1) is 5.69 Å². The molecule has 118 valence electrons. The number of halogens is 1. The molecule has 0 spiro atoms. The van der Waals surface area contributed by atoms with Crippen molar-refractivity contribution in [3.63, 3.8) is 0 Å². The van der Waals surface area contributed by atoms with Gasteiger partial charge in [0.25, 0.3) is 0 Å². The average molecular weight is 358 g/mol. The monoisotopic (exact) mass is 357 g/mol. The number of rotatable bonds is 6. The second-order valence-corrected chi connectivity index (χ2v) is 6.50. The van der Waals surface area contributed by atoms with Crippen LogP contribution in [0, 0.1) is 0 Å². The molecule has 5 nitrogen and oxygen atoms in total. The fourth-order valence-corrected chi connectivity index (χ4v) is 2.06. The highest BCUT2D eigenvalue weighted by Gasteiger charge is 2.20. The summed E-state index contributed by atoms with van der Waals surface area (Å²) in [7, 11) is 0. The molecule has 0 atom stereocenters. The van der Waals surface area contributed by atoms with Crippen molar-refractivity contribution >= 4 is 22.0 Å². The highest BCUT2D eigenvalue weighted by atomic mass is 79.9. The van der Waals surface area contributed by atoms with Crippen molar-refractivity contribution in [3.05, 3.63) is 28.5 Å². The molecular weight excluding hydrogens is 334 g/mol. The van der Waals surface area contributed by atoms with Gasteiger partial charge in [-0.1, -0.05) is 6.07 Å². The smallest absolute Gasteiger partial charge is 0.410 e. The first-order valence-corrected chi connectivity index (χ1v) is 7.91. The molecule has 0 fully saturated rings. The minimum absolute atomic E-state index is 0.271. The zero-order chi connectivity index (χ0) is 15.9. The Bertz CT molecular complexity index is 460. The third-order valence-electron chi connectivity index (χ3n) is 2.67. The molecule has 0 aliphatic rings. The summed E-state index contributed by atoms with van der Waals surface area (Å²) in [6.07, 6.45) is -0.271. The van der Waals surface area contributed by atoms with Crippen LogP contribution in [0.4, 0.5) is 4.79 Å². The number of hydrogen-bond acceptors (Lipinski definition) is 4. The first kappa shape index (κ1) is 17.9. The Hall–Kier alpha value is -1.14. The van der Waals surface area contributed by atoms with Crippen molar-refractivity contribution in [2.75, 3.05) is 19.6 Å². The van der Waals surface area contributed by atoms with Crippen LogP contribution in [0.2, 0.25) is 0 Å². The fourth-order valence-electron chi connectivity index (χ4n) is 1.68. The minimum atomic E-state index is -0.460. The lowest BCUT2D eigenvalue weighted by Crippen LogP contribution is -2.40. The van der Waals surface area contributed by atoms with Gasteiger partial charge in [-0.25, -0.2) is 9.78 Å². The second-order valence-electron chi connectivity index (χ2n) is 5.69. The van der Waals surface area contributed by atoms with E-state index in [9.17, 15) is 4.79 Å². The summed E-state index contributed by atoms with van der Waals surface area (Å²) in [6.45, 7) is 10.2. The summed E-state index contributed by atoms with van der Waals surface area (Å²) in [5.41, 5.74) is 0.503. The molecule has 0 bridgehead atoms. The molecule has 0 unspecified atom stereocenters. The Balaban J connectivity index is 2.34. The van der Waals surface area contributed by atoms with E-state index in [0.29, 0.717) is 26.2 Å². The zero-order valence-electron chi connectivity index (χ0n) is 13.1. The summed E-state index contributed by atoms with van der Waals surface area (Å²) in [5.74, 6) is 0. The fraction of sp³-hybridized carbons (Fsp3) is 0.600. The molecule has 0 aromatic carbocycles. The topological polar surface area (TPSA) is 54.5 Å². The Morgan fingerprint density at radius 3 is 2.71 bits per heavy atom. The molecule has 1 heterocycles. The molecule has 1 aromatic heterocycles. The molecule has 1 aromatic rings. The van der Waals surface area contributed by atoms with E-state index in [-0.39, 0.29) is 6.09 Å². The highest BCUT2D eigenvalue weighted by molar-refractivity contribution is 9.10. The maximum atomic E-state index is 12.0. The minimum Gasteiger partial charge on any atom is -0.444 e. The van der Waals surface area contributed by atoms with Crippen LogP contribution < -0.4 is 5.32 Å². The van der Waals surface area contributed by atoms with Crippen molar-refractivity contribution in [1.29, 1.82) is 0 Å². The SMILES string of the molecule is CCN(CCNCc1cccc(Br)n1)C(=O)OC(C)(C)C. The highest BCUT2D eigenvalue weighted by Crippen LogP contribution is 2.09. The number of nitrogens with one attached hydrogen (secondary N) is 1. The van der Waals surface area contributed by atoms with Crippen LogP contribution in [0.25, 0.3) is 0 Å². The summed E-state index contributed by atoms with van der Waals surface area (Å²) in [5, 5.41) is 3.28. The number of aromatic nitrogens is 1. The van der Waals surface area contributed by atoms with Gasteiger partial charge in [-0.3, -0.25) is 0 Å². The van der Waals surface area contributed by atoms with Gasteiger partial charge in [0.15, 0.2) is 0 Å². The second kappa shape index (κ2) is 8.34. The van der Waals surface area contributed by atoms with E-state index in [0.717, 1.165) is 10.3 Å². The number of hydrogen-bond donors (Lipinski definition) is 1. The summed E-state index contributed by atoms with van der Waals surface area (Å²) >= 11 is 3.34. The molecule has 1 rings (SSSR count). The van der Waals surface area contributed by atoms with E-state index in [1.54, 1.807) is 4.90 Å². The molecule has 0 saturated heterocycles. The third-order valence-corrected chi connectivity index (χ3v) is 3.11. The van der Waals surface area contributed by atoms with E-state index in [4.69, 9.17) is 4.74 Å². The van der Waals surface area contributed by atoms with Crippen molar-refractivity contribution in [3.8, 4) is 0 Å². The summed E-state index contributed by atoms with van der Waals surface area (Å²) in [4.78, 5) is 18.0. The maximum absolute atomic E-state index is 12.0. The number of nitrogens with zero attached hydrogens (tertiary/aromatic N) is 2. The Labute approximate surface area is 135 Å². The first-order valence-electron chi connectivity index (χ1n) is 7.12. The molecule has 0 radical (unpaired) electrons. The average Bonchev–Trinajstić information content (AvgIpc) is 2.36. The predicted molar refractivity (Wildman–Crippen MR) is 87.1 cm³/mol. The summed E-state index contributed by atoms with van der Waals surface area (Å²) in [6, 6.07) is 5.81. The van der Waals surface area contributed by atoms with Crippen LogP contribution in [0.3, 0.4) is 0 Å². The molecule has 0 aliphatic heterocycles. The predicted octanol–water partition coefficient (Wildman–Crippen LogP) is 3.19. The van der Waals surface area contributed by atoms with Gasteiger partial charge in [-0.15, -0.1) is 0 Å². The summed E-state index contributed by atoms with van der Waals surface area (Å²) < 4.78 is 6.19. The molecule has 21 heavy (non-hydrogen) atoms. The molecule has 1 N–H and O–H groups in total. The lowest BCUT2D eigenvalue weighted by atomic mass is 10.2. The molecular formula is C15H24BrN3O2. The number of amides is 1. The van der Waals surface area contributed by atoms with E-state index >= 15 is 0 Å². The van der Waals surface area contributed by atoms with E-state index < -0.39 is 5.60 Å². The van der Waals surface area contributed by atoms with Gasteiger partial charge in [-0.2, -0.15) is 0 Å². The van der Waals surface area contributed by atoms with Gasteiger partial charge in [0, 0.05) is 26.2 Å². The van der Waals surface area contributed by atoms with Crippen molar-refractivity contribution in [2.24, 2.45) is 0 Å². The van der Waals surface area contributed by atoms with Crippen LogP contribution in [-0.2, 0) is 11.3 Å². The number of likely N-dealkylation sites (N-methyl/N-ethyl adjacent to an activating group) is 1. The number of carbonyl (C=O) groups excluding carboxylic acids is 1. The van der Waals surface area contributed by atoms with E-state index in [1.165, 1.54) is 0 Å². The lowest BCUT2D eigenvalue weighted by molar-refractivity contribution is 0.0262. The van der Waals surface area contributed by atoms with Gasteiger partial charge in [-0.05, 0) is 55.8 Å². The van der Waals surface area contributed by atoms with Gasteiger partial charge in [0.1, 0.15) is 10.2 Å². The molecule has 0 aliphatic carbocycles. The van der Waals surface area contributed by atoms with Crippen LogP contribution in [0.5, 0.6) is 0 Å². The third kappa shape index (κ3) is 7.43. The lowest BCUT2D eigenvalue weighted by Gasteiger charge is -2.26. The van der Waals surface area contributed by atoms with Gasteiger partial charge >= 0.3 is 6.09 Å². The Morgan fingerprint density at radius 2 is 2.14 bits per heavy atom. The first-order chi connectivity index (χ1) is 9.81. The normalized spacial score (nSPS) is 11.3. The van der Waals surface area contributed by atoms with E-state index in [2.05, 4.69) is 26.2 Å². The van der Waals surface area contributed by atoms with Crippen LogP contribution in [-0.4, -0.2) is 41.2 Å². The van der Waals surface area contributed by atoms with Crippen LogP contribution >= 0.6 is 15.9 Å². The number of ether oxygens (including phenoxy) is 1. The van der Waals surface area contributed by atoms with Crippen molar-refractivity contribution in [2.45, 2.75) is 39.8 Å². The Morgan fingerprint density at radius 1 is 1.43 bits per heavy atom. The van der Waals surface area contributed by atoms with Crippen molar-refractivity contribution < 1.29 is 9.53 Å². The number of carbonyl (C=O) groups is 1. The molecule has 1 amide bonds. The van der Waals surface area contributed by atoms with E-state index in [1.807, 2.05) is 45.9 Å².